The molecule has 1 aromatic carbocycles. The van der Waals surface area contributed by atoms with E-state index in [0.717, 1.165) is 25.7 Å². The van der Waals surface area contributed by atoms with Crippen LogP contribution in [0.3, 0.4) is 0 Å². The van der Waals surface area contributed by atoms with Gasteiger partial charge in [0.2, 0.25) is 5.95 Å². The topological polar surface area (TPSA) is 94.3 Å². The summed E-state index contributed by atoms with van der Waals surface area (Å²) < 4.78 is 21.8. The molecule has 2 fully saturated rings. The van der Waals surface area contributed by atoms with E-state index in [1.165, 1.54) is 12.1 Å². The summed E-state index contributed by atoms with van der Waals surface area (Å²) >= 11 is 0. The molecular weight excluding hydrogens is 451 g/mol. The Morgan fingerprint density at radius 1 is 1.09 bits per heavy atom. The van der Waals surface area contributed by atoms with Gasteiger partial charge in [0.15, 0.2) is 0 Å². The van der Waals surface area contributed by atoms with Crippen LogP contribution < -0.4 is 11.0 Å². The van der Waals surface area contributed by atoms with E-state index in [0.29, 0.717) is 36.2 Å². The monoisotopic (exact) mass is 480 g/mol. The van der Waals surface area contributed by atoms with E-state index < -0.39 is 0 Å². The summed E-state index contributed by atoms with van der Waals surface area (Å²) in [5.74, 6) is 0.124. The smallest absolute Gasteiger partial charge is 0.410 e. The maximum absolute atomic E-state index is 13.5. The number of rotatable bonds is 6. The lowest BCUT2D eigenvalue weighted by molar-refractivity contribution is 0.138. The quantitative estimate of drug-likeness (QED) is 0.573. The van der Waals surface area contributed by atoms with Gasteiger partial charge in [-0.15, -0.1) is 0 Å². The molecule has 0 radical (unpaired) electrons. The molecule has 2 aliphatic rings. The number of ether oxygens (including phenoxy) is 1. The molecule has 184 valence electrons. The molecule has 35 heavy (non-hydrogen) atoms. The van der Waals surface area contributed by atoms with Crippen molar-refractivity contribution in [3.63, 3.8) is 0 Å². The number of aromatic nitrogens is 4. The Bertz CT molecular complexity index is 1260. The lowest BCUT2D eigenvalue weighted by Gasteiger charge is -2.33. The molecule has 1 saturated carbocycles. The number of nitrogens with one attached hydrogen (secondary N) is 1. The number of anilines is 1. The van der Waals surface area contributed by atoms with E-state index in [9.17, 15) is 14.0 Å². The predicted octanol–water partition coefficient (Wildman–Crippen LogP) is 3.99. The van der Waals surface area contributed by atoms with Crippen molar-refractivity contribution in [3.05, 3.63) is 59.0 Å². The van der Waals surface area contributed by atoms with Crippen molar-refractivity contribution in [2.24, 2.45) is 0 Å². The zero-order chi connectivity index (χ0) is 24.5. The largest absolute Gasteiger partial charge is 0.448 e. The number of benzene rings is 1. The van der Waals surface area contributed by atoms with Crippen LogP contribution in [0.4, 0.5) is 15.1 Å². The predicted molar refractivity (Wildman–Crippen MR) is 129 cm³/mol. The van der Waals surface area contributed by atoms with Crippen molar-refractivity contribution in [1.82, 2.24) is 24.0 Å². The SMILES string of the molecule is CC(C)n1cc(-c2ccnc(N[C@H]3CC[C@H](N4CCOC4=O)CC3)n2)n(-c2ccc(F)cc2)c1=O. The van der Waals surface area contributed by atoms with Crippen LogP contribution in [0.15, 0.2) is 47.5 Å². The minimum Gasteiger partial charge on any atom is -0.448 e. The molecule has 1 aliphatic heterocycles. The molecule has 1 N–H and O–H groups in total. The average Bonchev–Trinajstić information content (AvgIpc) is 3.43. The Balaban J connectivity index is 1.37. The van der Waals surface area contributed by atoms with Gasteiger partial charge in [-0.3, -0.25) is 9.13 Å². The fourth-order valence-corrected chi connectivity index (χ4v) is 4.88. The number of nitrogens with zero attached hydrogens (tertiary/aromatic N) is 5. The Kier molecular flexibility index (Phi) is 6.27. The molecule has 10 heteroatoms. The summed E-state index contributed by atoms with van der Waals surface area (Å²) in [5, 5.41) is 3.42. The van der Waals surface area contributed by atoms with Crippen molar-refractivity contribution in [1.29, 1.82) is 0 Å². The second kappa shape index (κ2) is 9.52. The molecule has 0 bridgehead atoms. The maximum atomic E-state index is 13.5. The van der Waals surface area contributed by atoms with Gasteiger partial charge in [-0.25, -0.2) is 23.9 Å². The molecule has 3 aromatic rings. The van der Waals surface area contributed by atoms with Gasteiger partial charge in [-0.1, -0.05) is 0 Å². The minimum absolute atomic E-state index is 0.0505. The number of carbonyl (C=O) groups excluding carboxylic acids is 1. The van der Waals surface area contributed by atoms with Crippen LogP contribution in [0.1, 0.15) is 45.6 Å². The highest BCUT2D eigenvalue weighted by molar-refractivity contribution is 5.69. The molecule has 1 saturated heterocycles. The van der Waals surface area contributed by atoms with E-state index in [1.54, 1.807) is 39.7 Å². The molecule has 5 rings (SSSR count). The van der Waals surface area contributed by atoms with Crippen molar-refractivity contribution < 1.29 is 13.9 Å². The molecule has 1 aliphatic carbocycles. The van der Waals surface area contributed by atoms with Gasteiger partial charge >= 0.3 is 11.8 Å². The van der Waals surface area contributed by atoms with Crippen LogP contribution in [-0.2, 0) is 4.74 Å². The third-order valence-corrected chi connectivity index (χ3v) is 6.74. The number of hydrogen-bond donors (Lipinski definition) is 1. The van der Waals surface area contributed by atoms with Gasteiger partial charge in [-0.05, 0) is 69.9 Å². The van der Waals surface area contributed by atoms with E-state index >= 15 is 0 Å². The number of halogens is 1. The van der Waals surface area contributed by atoms with Gasteiger partial charge in [0.1, 0.15) is 12.4 Å². The molecule has 9 nitrogen and oxygen atoms in total. The first-order valence-corrected chi connectivity index (χ1v) is 12.0. The first-order valence-electron chi connectivity index (χ1n) is 12.0. The van der Waals surface area contributed by atoms with Crippen LogP contribution in [0, 0.1) is 5.82 Å². The zero-order valence-electron chi connectivity index (χ0n) is 19.9. The summed E-state index contributed by atoms with van der Waals surface area (Å²) in [6.07, 6.45) is 6.82. The Morgan fingerprint density at radius 3 is 2.49 bits per heavy atom. The lowest BCUT2D eigenvalue weighted by Crippen LogP contribution is -2.41. The second-order valence-electron chi connectivity index (χ2n) is 9.33. The first kappa shape index (κ1) is 23.1. The molecular formula is C25H29FN6O3. The Hall–Kier alpha value is -3.69. The van der Waals surface area contributed by atoms with Crippen LogP contribution in [0.2, 0.25) is 0 Å². The Labute approximate surface area is 202 Å². The molecule has 2 aromatic heterocycles. The summed E-state index contributed by atoms with van der Waals surface area (Å²) in [6, 6.07) is 7.97. The number of carbonyl (C=O) groups is 1. The first-order chi connectivity index (χ1) is 16.9. The normalized spacial score (nSPS) is 20.3. The van der Waals surface area contributed by atoms with Gasteiger partial charge in [0.05, 0.1) is 23.6 Å². The summed E-state index contributed by atoms with van der Waals surface area (Å²) in [6.45, 7) is 5.01. The standard InChI is InChI=1S/C25H29FN6O3/c1-16(2)31-15-22(32(24(31)33)20-7-3-17(26)4-8-20)21-11-12-27-23(29-21)28-18-5-9-19(10-6-18)30-13-14-35-25(30)34/h3-4,7-8,11-12,15-16,18-19H,5-6,9-10,13-14H2,1-2H3,(H,27,28,29)/t18-,19-. The number of imidazole rings is 1. The van der Waals surface area contributed by atoms with E-state index in [2.05, 4.69) is 10.3 Å². The fourth-order valence-electron chi connectivity index (χ4n) is 4.88. The Morgan fingerprint density at radius 2 is 1.83 bits per heavy atom. The van der Waals surface area contributed by atoms with E-state index in [-0.39, 0.29) is 35.7 Å². The van der Waals surface area contributed by atoms with Crippen molar-refractivity contribution in [2.45, 2.75) is 57.7 Å². The van der Waals surface area contributed by atoms with Gasteiger partial charge in [0.25, 0.3) is 0 Å². The number of amides is 1. The highest BCUT2D eigenvalue weighted by Crippen LogP contribution is 2.28. The molecule has 0 spiro atoms. The van der Waals surface area contributed by atoms with Crippen molar-refractivity contribution in [3.8, 4) is 17.1 Å². The number of cyclic esters (lactones) is 1. The molecule has 0 atom stereocenters. The van der Waals surface area contributed by atoms with Crippen LogP contribution in [0.5, 0.6) is 0 Å². The van der Waals surface area contributed by atoms with Crippen LogP contribution in [-0.4, -0.2) is 55.3 Å². The van der Waals surface area contributed by atoms with Crippen molar-refractivity contribution >= 4 is 12.0 Å². The third kappa shape index (κ3) is 4.65. The van der Waals surface area contributed by atoms with Crippen molar-refractivity contribution in [2.75, 3.05) is 18.5 Å². The summed E-state index contributed by atoms with van der Waals surface area (Å²) in [5.41, 5.74) is 1.56. The lowest BCUT2D eigenvalue weighted by atomic mass is 9.90. The fraction of sp³-hybridized carbons (Fsp3) is 0.440. The maximum Gasteiger partial charge on any atom is 0.410 e. The van der Waals surface area contributed by atoms with E-state index in [4.69, 9.17) is 9.72 Å². The van der Waals surface area contributed by atoms with Crippen LogP contribution >= 0.6 is 0 Å². The van der Waals surface area contributed by atoms with Gasteiger partial charge in [-0.2, -0.15) is 0 Å². The highest BCUT2D eigenvalue weighted by Gasteiger charge is 2.33. The molecule has 0 unspecified atom stereocenters. The summed E-state index contributed by atoms with van der Waals surface area (Å²) in [4.78, 5) is 36.0. The third-order valence-electron chi connectivity index (χ3n) is 6.74. The average molecular weight is 481 g/mol. The van der Waals surface area contributed by atoms with Gasteiger partial charge in [0, 0.05) is 30.5 Å². The second-order valence-corrected chi connectivity index (χ2v) is 9.33. The zero-order valence-corrected chi connectivity index (χ0v) is 19.9. The molecule has 1 amide bonds. The van der Waals surface area contributed by atoms with Gasteiger partial charge < -0.3 is 15.0 Å². The van der Waals surface area contributed by atoms with Crippen LogP contribution in [0.25, 0.3) is 17.1 Å². The highest BCUT2D eigenvalue weighted by atomic mass is 19.1. The minimum atomic E-state index is -0.364. The number of hydrogen-bond acceptors (Lipinski definition) is 6. The summed E-state index contributed by atoms with van der Waals surface area (Å²) in [7, 11) is 0. The van der Waals surface area contributed by atoms with E-state index in [1.807, 2.05) is 18.7 Å². The molecule has 3 heterocycles.